The Morgan fingerprint density at radius 1 is 1.42 bits per heavy atom. The summed E-state index contributed by atoms with van der Waals surface area (Å²) in [7, 11) is 0. The van der Waals surface area contributed by atoms with Crippen LogP contribution in [0.25, 0.3) is 11.4 Å². The van der Waals surface area contributed by atoms with Gasteiger partial charge in [0.05, 0.1) is 0 Å². The molecule has 0 saturated carbocycles. The molecule has 3 rings (SSSR count). The summed E-state index contributed by atoms with van der Waals surface area (Å²) in [6.45, 7) is 3.11. The summed E-state index contributed by atoms with van der Waals surface area (Å²) in [4.78, 5) is 16.4. The van der Waals surface area contributed by atoms with E-state index in [2.05, 4.69) is 27.7 Å². The molecular formula is C17H21ClN4O2. The number of rotatable bonds is 5. The van der Waals surface area contributed by atoms with Crippen LogP contribution in [0.5, 0.6) is 0 Å². The zero-order valence-electron chi connectivity index (χ0n) is 13.6. The smallest absolute Gasteiger partial charge is 0.227 e. The number of aryl methyl sites for hydroxylation is 1. The fourth-order valence-electron chi connectivity index (χ4n) is 2.81. The number of aromatic nitrogens is 2. The quantitative estimate of drug-likeness (QED) is 0.868. The largest absolute Gasteiger partial charge is 0.352 e. The van der Waals surface area contributed by atoms with Crippen molar-refractivity contribution in [3.8, 4) is 11.4 Å². The van der Waals surface area contributed by atoms with Crippen molar-refractivity contribution in [3.05, 3.63) is 35.2 Å². The second kappa shape index (κ2) is 7.77. The number of hydrogen-bond acceptors (Lipinski definition) is 5. The van der Waals surface area contributed by atoms with Crippen molar-refractivity contribution in [3.63, 3.8) is 0 Å². The zero-order chi connectivity index (χ0) is 16.9. The second-order valence-corrected chi connectivity index (χ2v) is 6.51. The van der Waals surface area contributed by atoms with Gasteiger partial charge < -0.3 is 15.2 Å². The summed E-state index contributed by atoms with van der Waals surface area (Å²) >= 11 is 5.87. The topological polar surface area (TPSA) is 80.0 Å². The van der Waals surface area contributed by atoms with Crippen LogP contribution in [0.15, 0.2) is 28.8 Å². The van der Waals surface area contributed by atoms with Gasteiger partial charge in [0.1, 0.15) is 0 Å². The molecule has 2 aromatic rings. The number of nitrogens with one attached hydrogen (secondary N) is 2. The molecule has 2 N–H and O–H groups in total. The molecule has 24 heavy (non-hydrogen) atoms. The van der Waals surface area contributed by atoms with Crippen molar-refractivity contribution in [1.82, 2.24) is 20.8 Å². The van der Waals surface area contributed by atoms with Crippen LogP contribution in [0, 0.1) is 0 Å². The average Bonchev–Trinajstić information content (AvgIpc) is 3.05. The maximum atomic E-state index is 12.1. The molecule has 0 spiro atoms. The number of hydrogen-bond donors (Lipinski definition) is 2. The Hall–Kier alpha value is -1.92. The highest BCUT2D eigenvalue weighted by molar-refractivity contribution is 6.30. The van der Waals surface area contributed by atoms with Crippen LogP contribution in [0.4, 0.5) is 0 Å². The number of halogens is 1. The van der Waals surface area contributed by atoms with E-state index in [0.717, 1.165) is 24.9 Å². The molecule has 2 heterocycles. The molecule has 1 aromatic carbocycles. The average molecular weight is 349 g/mol. The molecule has 0 radical (unpaired) electrons. The van der Waals surface area contributed by atoms with Crippen LogP contribution in [0.2, 0.25) is 5.02 Å². The van der Waals surface area contributed by atoms with Gasteiger partial charge in [0.25, 0.3) is 0 Å². The van der Waals surface area contributed by atoms with Gasteiger partial charge in [-0.25, -0.2) is 0 Å². The summed E-state index contributed by atoms with van der Waals surface area (Å²) in [5.41, 5.74) is 0.834. The van der Waals surface area contributed by atoms with E-state index < -0.39 is 0 Å². The monoisotopic (exact) mass is 348 g/mol. The van der Waals surface area contributed by atoms with Crippen LogP contribution in [0.1, 0.15) is 32.1 Å². The first-order valence-electron chi connectivity index (χ1n) is 8.23. The third kappa shape index (κ3) is 4.33. The van der Waals surface area contributed by atoms with E-state index in [9.17, 15) is 4.79 Å². The number of carbonyl (C=O) groups excluding carboxylic acids is 1. The highest BCUT2D eigenvalue weighted by atomic mass is 35.5. The van der Waals surface area contributed by atoms with Crippen molar-refractivity contribution in [2.24, 2.45) is 0 Å². The predicted molar refractivity (Wildman–Crippen MR) is 91.7 cm³/mol. The summed E-state index contributed by atoms with van der Waals surface area (Å²) in [5.74, 6) is 0.985. The Kier molecular flexibility index (Phi) is 5.48. The number of benzene rings is 1. The Labute approximate surface area is 146 Å². The molecule has 1 aromatic heterocycles. The van der Waals surface area contributed by atoms with Crippen molar-refractivity contribution >= 4 is 17.5 Å². The fourth-order valence-corrected chi connectivity index (χ4v) is 2.94. The molecule has 1 amide bonds. The molecule has 128 valence electrons. The van der Waals surface area contributed by atoms with E-state index in [4.69, 9.17) is 16.1 Å². The van der Waals surface area contributed by atoms with E-state index in [1.165, 1.54) is 0 Å². The maximum absolute atomic E-state index is 12.1. The van der Waals surface area contributed by atoms with Crippen LogP contribution in [-0.2, 0) is 11.2 Å². The van der Waals surface area contributed by atoms with Crippen molar-refractivity contribution < 1.29 is 9.32 Å². The Balaban J connectivity index is 1.51. The van der Waals surface area contributed by atoms with Gasteiger partial charge in [-0.15, -0.1) is 0 Å². The number of amides is 1. The van der Waals surface area contributed by atoms with E-state index in [1.54, 1.807) is 12.1 Å². The van der Waals surface area contributed by atoms with E-state index >= 15 is 0 Å². The fraction of sp³-hybridized carbons (Fsp3) is 0.471. The number of piperidine rings is 1. The third-order valence-corrected chi connectivity index (χ3v) is 4.50. The summed E-state index contributed by atoms with van der Waals surface area (Å²) in [5, 5.41) is 11.1. The van der Waals surface area contributed by atoms with E-state index in [1.807, 2.05) is 12.1 Å². The van der Waals surface area contributed by atoms with Gasteiger partial charge in [-0.05, 0) is 50.6 Å². The van der Waals surface area contributed by atoms with E-state index in [0.29, 0.717) is 35.6 Å². The first-order valence-corrected chi connectivity index (χ1v) is 8.61. The van der Waals surface area contributed by atoms with Gasteiger partial charge >= 0.3 is 0 Å². The summed E-state index contributed by atoms with van der Waals surface area (Å²) in [6.07, 6.45) is 2.87. The molecule has 6 nitrogen and oxygen atoms in total. The SMILES string of the molecule is CC1NCCCC1NC(=O)CCc1nc(-c2ccc(Cl)cc2)no1. The highest BCUT2D eigenvalue weighted by Crippen LogP contribution is 2.19. The molecule has 1 aliphatic heterocycles. The van der Waals surface area contributed by atoms with Crippen LogP contribution in [0.3, 0.4) is 0 Å². The minimum Gasteiger partial charge on any atom is -0.352 e. The summed E-state index contributed by atoms with van der Waals surface area (Å²) in [6, 6.07) is 7.73. The molecule has 7 heteroatoms. The van der Waals surface area contributed by atoms with Crippen molar-refractivity contribution in [1.29, 1.82) is 0 Å². The molecule has 2 unspecified atom stereocenters. The first kappa shape index (κ1) is 16.9. The molecule has 1 aliphatic rings. The normalized spacial score (nSPS) is 20.8. The standard InChI is InChI=1S/C17H21ClN4O2/c1-11-14(3-2-10-19-11)20-15(23)8-9-16-21-17(22-24-16)12-4-6-13(18)7-5-12/h4-7,11,14,19H,2-3,8-10H2,1H3,(H,20,23). The molecule has 2 atom stereocenters. The second-order valence-electron chi connectivity index (χ2n) is 6.08. The predicted octanol–water partition coefficient (Wildman–Crippen LogP) is 2.58. The molecule has 0 bridgehead atoms. The van der Waals surface area contributed by atoms with Crippen molar-refractivity contribution in [2.75, 3.05) is 6.54 Å². The van der Waals surface area contributed by atoms with Crippen LogP contribution >= 0.6 is 11.6 Å². The van der Waals surface area contributed by atoms with Gasteiger partial charge in [-0.2, -0.15) is 4.98 Å². The molecular weight excluding hydrogens is 328 g/mol. The van der Waals surface area contributed by atoms with Gasteiger partial charge in [0, 0.05) is 35.5 Å². The third-order valence-electron chi connectivity index (χ3n) is 4.24. The minimum atomic E-state index is 0.0155. The Morgan fingerprint density at radius 2 is 2.21 bits per heavy atom. The lowest BCUT2D eigenvalue weighted by Crippen LogP contribution is -2.51. The summed E-state index contributed by atoms with van der Waals surface area (Å²) < 4.78 is 5.22. The molecule has 0 aliphatic carbocycles. The van der Waals surface area contributed by atoms with Crippen LogP contribution < -0.4 is 10.6 Å². The van der Waals surface area contributed by atoms with Crippen molar-refractivity contribution in [2.45, 2.75) is 44.7 Å². The molecule has 1 fully saturated rings. The van der Waals surface area contributed by atoms with Gasteiger partial charge in [0.15, 0.2) is 0 Å². The number of carbonyl (C=O) groups is 1. The lowest BCUT2D eigenvalue weighted by atomic mass is 10.00. The Bertz CT molecular complexity index is 686. The lowest BCUT2D eigenvalue weighted by molar-refractivity contribution is -0.122. The Morgan fingerprint density at radius 3 is 2.96 bits per heavy atom. The molecule has 1 saturated heterocycles. The van der Waals surface area contributed by atoms with Gasteiger partial charge in [-0.1, -0.05) is 16.8 Å². The lowest BCUT2D eigenvalue weighted by Gasteiger charge is -2.30. The van der Waals surface area contributed by atoms with Gasteiger partial charge in [0.2, 0.25) is 17.6 Å². The number of nitrogens with zero attached hydrogens (tertiary/aromatic N) is 2. The highest BCUT2D eigenvalue weighted by Gasteiger charge is 2.22. The van der Waals surface area contributed by atoms with Gasteiger partial charge in [-0.3, -0.25) is 4.79 Å². The van der Waals surface area contributed by atoms with Crippen LogP contribution in [-0.4, -0.2) is 34.7 Å². The minimum absolute atomic E-state index is 0.0155. The maximum Gasteiger partial charge on any atom is 0.227 e. The zero-order valence-corrected chi connectivity index (χ0v) is 14.3. The van der Waals surface area contributed by atoms with E-state index in [-0.39, 0.29) is 11.9 Å². The first-order chi connectivity index (χ1) is 11.6.